The van der Waals surface area contributed by atoms with Crippen molar-refractivity contribution in [3.63, 3.8) is 0 Å². The zero-order chi connectivity index (χ0) is 14.9. The molecule has 2 atom stereocenters. The maximum absolute atomic E-state index is 13.0. The molecule has 1 saturated carbocycles. The fourth-order valence-electron chi connectivity index (χ4n) is 3.19. The van der Waals surface area contributed by atoms with Crippen molar-refractivity contribution in [2.24, 2.45) is 17.1 Å². The summed E-state index contributed by atoms with van der Waals surface area (Å²) in [6.07, 6.45) is -2.34. The van der Waals surface area contributed by atoms with Gasteiger partial charge in [0.05, 0.1) is 5.92 Å². The molecule has 0 aromatic heterocycles. The normalized spacial score (nSPS) is 29.8. The van der Waals surface area contributed by atoms with Crippen molar-refractivity contribution in [1.82, 2.24) is 4.90 Å². The van der Waals surface area contributed by atoms with E-state index in [2.05, 4.69) is 25.7 Å². The van der Waals surface area contributed by atoms with Gasteiger partial charge in [0.1, 0.15) is 0 Å². The monoisotopic (exact) mass is 280 g/mol. The second-order valence-electron chi connectivity index (χ2n) is 7.18. The Kier molecular flexibility index (Phi) is 4.94. The molecule has 0 amide bonds. The standard InChI is InChI=1S/C14H27F3N2/c1-12(2,3)10-19(4)13(9-18)7-5-6-11(8-13)14(15,16)17/h11H,5-10,18H2,1-4H3. The Balaban J connectivity index is 2.85. The maximum Gasteiger partial charge on any atom is 0.391 e. The first-order valence-corrected chi connectivity index (χ1v) is 6.98. The lowest BCUT2D eigenvalue weighted by molar-refractivity contribution is -0.193. The first-order chi connectivity index (χ1) is 8.50. The van der Waals surface area contributed by atoms with Crippen molar-refractivity contribution in [1.29, 1.82) is 0 Å². The number of hydrogen-bond donors (Lipinski definition) is 1. The van der Waals surface area contributed by atoms with Crippen LogP contribution in [0.1, 0.15) is 46.5 Å². The molecule has 0 spiro atoms. The van der Waals surface area contributed by atoms with Crippen molar-refractivity contribution in [3.8, 4) is 0 Å². The quantitative estimate of drug-likeness (QED) is 0.858. The van der Waals surface area contributed by atoms with Gasteiger partial charge in [0, 0.05) is 18.6 Å². The van der Waals surface area contributed by atoms with Gasteiger partial charge >= 0.3 is 6.18 Å². The van der Waals surface area contributed by atoms with Gasteiger partial charge in [-0.25, -0.2) is 0 Å². The topological polar surface area (TPSA) is 29.3 Å². The van der Waals surface area contributed by atoms with Gasteiger partial charge in [-0.05, 0) is 31.7 Å². The van der Waals surface area contributed by atoms with E-state index in [0.29, 0.717) is 13.0 Å². The fourth-order valence-corrected chi connectivity index (χ4v) is 3.19. The number of nitrogens with zero attached hydrogens (tertiary/aromatic N) is 1. The van der Waals surface area contributed by atoms with Crippen molar-refractivity contribution in [2.75, 3.05) is 20.1 Å². The minimum atomic E-state index is -4.09. The Morgan fingerprint density at radius 1 is 1.26 bits per heavy atom. The minimum Gasteiger partial charge on any atom is -0.329 e. The molecule has 0 aromatic rings. The molecule has 2 unspecified atom stereocenters. The van der Waals surface area contributed by atoms with E-state index in [4.69, 9.17) is 5.73 Å². The van der Waals surface area contributed by atoms with Gasteiger partial charge in [0.15, 0.2) is 0 Å². The van der Waals surface area contributed by atoms with Crippen LogP contribution >= 0.6 is 0 Å². The second-order valence-corrected chi connectivity index (χ2v) is 7.18. The van der Waals surface area contributed by atoms with Crippen molar-refractivity contribution in [2.45, 2.75) is 58.2 Å². The number of halogens is 3. The first kappa shape index (κ1) is 16.8. The van der Waals surface area contributed by atoms with E-state index in [1.54, 1.807) is 0 Å². The molecule has 2 N–H and O–H groups in total. The number of rotatable bonds is 3. The SMILES string of the molecule is CN(CC(C)(C)C)C1(CN)CCCC(C(F)(F)F)C1. The van der Waals surface area contributed by atoms with Crippen LogP contribution in [-0.2, 0) is 0 Å². The highest BCUT2D eigenvalue weighted by Crippen LogP contribution is 2.44. The van der Waals surface area contributed by atoms with E-state index in [0.717, 1.165) is 13.0 Å². The average Bonchev–Trinajstić information content (AvgIpc) is 2.25. The van der Waals surface area contributed by atoms with Gasteiger partial charge in [-0.3, -0.25) is 4.90 Å². The predicted molar refractivity (Wildman–Crippen MR) is 71.9 cm³/mol. The molecule has 114 valence electrons. The van der Waals surface area contributed by atoms with Crippen LogP contribution in [0, 0.1) is 11.3 Å². The number of nitrogens with two attached hydrogens (primary N) is 1. The summed E-state index contributed by atoms with van der Waals surface area (Å²) in [5.74, 6) is -1.20. The third-order valence-corrected chi connectivity index (χ3v) is 4.19. The Morgan fingerprint density at radius 3 is 2.26 bits per heavy atom. The third kappa shape index (κ3) is 4.35. The van der Waals surface area contributed by atoms with Crippen LogP contribution in [0.4, 0.5) is 13.2 Å². The highest BCUT2D eigenvalue weighted by molar-refractivity contribution is 4.97. The molecular weight excluding hydrogens is 253 g/mol. The zero-order valence-corrected chi connectivity index (χ0v) is 12.5. The summed E-state index contributed by atoms with van der Waals surface area (Å²) >= 11 is 0. The highest BCUT2D eigenvalue weighted by atomic mass is 19.4. The largest absolute Gasteiger partial charge is 0.391 e. The molecule has 1 rings (SSSR count). The summed E-state index contributed by atoms with van der Waals surface area (Å²) in [4.78, 5) is 2.06. The van der Waals surface area contributed by atoms with Gasteiger partial charge in [0.2, 0.25) is 0 Å². The molecule has 0 saturated heterocycles. The summed E-state index contributed by atoms with van der Waals surface area (Å²) in [5, 5.41) is 0. The van der Waals surface area contributed by atoms with Crippen LogP contribution in [0.2, 0.25) is 0 Å². The molecule has 1 aliphatic carbocycles. The number of alkyl halides is 3. The van der Waals surface area contributed by atoms with Crippen LogP contribution in [-0.4, -0.2) is 36.8 Å². The van der Waals surface area contributed by atoms with Crippen molar-refractivity contribution >= 4 is 0 Å². The lowest BCUT2D eigenvalue weighted by Crippen LogP contribution is -2.57. The Bertz CT molecular complexity index is 296. The van der Waals surface area contributed by atoms with E-state index in [-0.39, 0.29) is 18.3 Å². The molecule has 0 heterocycles. The second kappa shape index (κ2) is 5.60. The maximum atomic E-state index is 13.0. The van der Waals surface area contributed by atoms with Crippen LogP contribution in [0.25, 0.3) is 0 Å². The fraction of sp³-hybridized carbons (Fsp3) is 1.00. The first-order valence-electron chi connectivity index (χ1n) is 6.98. The molecular formula is C14H27F3N2. The number of hydrogen-bond acceptors (Lipinski definition) is 2. The highest BCUT2D eigenvalue weighted by Gasteiger charge is 2.48. The molecule has 0 radical (unpaired) electrons. The molecule has 0 aliphatic heterocycles. The van der Waals surface area contributed by atoms with Gasteiger partial charge in [0.25, 0.3) is 0 Å². The third-order valence-electron chi connectivity index (χ3n) is 4.19. The minimum absolute atomic E-state index is 0.0576. The van der Waals surface area contributed by atoms with Crippen molar-refractivity contribution < 1.29 is 13.2 Å². The molecule has 2 nitrogen and oxygen atoms in total. The summed E-state index contributed by atoms with van der Waals surface area (Å²) in [5.41, 5.74) is 5.42. The van der Waals surface area contributed by atoms with Crippen LogP contribution in [0.15, 0.2) is 0 Å². The van der Waals surface area contributed by atoms with Crippen LogP contribution < -0.4 is 5.73 Å². The lowest BCUT2D eigenvalue weighted by Gasteiger charge is -2.48. The zero-order valence-electron chi connectivity index (χ0n) is 12.5. The lowest BCUT2D eigenvalue weighted by atomic mass is 9.73. The van der Waals surface area contributed by atoms with Crippen LogP contribution in [0.3, 0.4) is 0 Å². The smallest absolute Gasteiger partial charge is 0.329 e. The summed E-state index contributed by atoms with van der Waals surface area (Å²) in [7, 11) is 1.91. The Labute approximate surface area is 114 Å². The number of likely N-dealkylation sites (N-methyl/N-ethyl adjacent to an activating group) is 1. The van der Waals surface area contributed by atoms with Gasteiger partial charge < -0.3 is 5.73 Å². The summed E-state index contributed by atoms with van der Waals surface area (Å²) in [6, 6.07) is 0. The molecule has 19 heavy (non-hydrogen) atoms. The van der Waals surface area contributed by atoms with E-state index in [1.807, 2.05) is 7.05 Å². The van der Waals surface area contributed by atoms with Crippen LogP contribution in [0.5, 0.6) is 0 Å². The average molecular weight is 280 g/mol. The van der Waals surface area contributed by atoms with E-state index in [9.17, 15) is 13.2 Å². The predicted octanol–water partition coefficient (Wildman–Crippen LogP) is 3.41. The Hall–Kier alpha value is -0.290. The van der Waals surface area contributed by atoms with Crippen molar-refractivity contribution in [3.05, 3.63) is 0 Å². The summed E-state index contributed by atoms with van der Waals surface area (Å²) < 4.78 is 38.9. The molecule has 5 heteroatoms. The van der Waals surface area contributed by atoms with Gasteiger partial charge in [-0.2, -0.15) is 13.2 Å². The van der Waals surface area contributed by atoms with Gasteiger partial charge in [-0.1, -0.05) is 27.2 Å². The Morgan fingerprint density at radius 2 is 1.84 bits per heavy atom. The van der Waals surface area contributed by atoms with Gasteiger partial charge in [-0.15, -0.1) is 0 Å². The summed E-state index contributed by atoms with van der Waals surface area (Å²) in [6.45, 7) is 7.34. The molecule has 1 aliphatic rings. The molecule has 1 fully saturated rings. The van der Waals surface area contributed by atoms with E-state index >= 15 is 0 Å². The molecule has 0 aromatic carbocycles. The van der Waals surface area contributed by atoms with E-state index in [1.165, 1.54) is 0 Å². The van der Waals surface area contributed by atoms with E-state index < -0.39 is 17.6 Å². The molecule has 0 bridgehead atoms.